The van der Waals surface area contributed by atoms with Gasteiger partial charge in [0, 0.05) is 0 Å². The molecule has 0 spiro atoms. The molecule has 1 fully saturated rings. The zero-order valence-corrected chi connectivity index (χ0v) is 9.94. The van der Waals surface area contributed by atoms with Crippen molar-refractivity contribution in [3.63, 3.8) is 0 Å². The van der Waals surface area contributed by atoms with Crippen LogP contribution in [0.3, 0.4) is 0 Å². The molecule has 1 heterocycles. The maximum Gasteiger partial charge on any atom is -0.0280 e. The van der Waals surface area contributed by atoms with E-state index in [1.54, 1.807) is 5.31 Å². The Labute approximate surface area is 85.0 Å². The van der Waals surface area contributed by atoms with Crippen LogP contribution in [0.5, 0.6) is 0 Å². The van der Waals surface area contributed by atoms with Crippen molar-refractivity contribution < 1.29 is 0 Å². The van der Waals surface area contributed by atoms with Crippen LogP contribution in [0.2, 0.25) is 0 Å². The molecular formula is C12H23P. The SMILES string of the molecule is CCCC=C1CCCCCCCP1. The van der Waals surface area contributed by atoms with Crippen molar-refractivity contribution in [1.29, 1.82) is 0 Å². The lowest BCUT2D eigenvalue weighted by Gasteiger charge is -2.04. The van der Waals surface area contributed by atoms with Gasteiger partial charge in [-0.25, -0.2) is 0 Å². The second kappa shape index (κ2) is 7.56. The minimum absolute atomic E-state index is 1.15. The number of allylic oxidation sites excluding steroid dienone is 2. The lowest BCUT2D eigenvalue weighted by Crippen LogP contribution is -1.78. The fourth-order valence-corrected chi connectivity index (χ4v) is 3.19. The van der Waals surface area contributed by atoms with Crippen molar-refractivity contribution >= 4 is 8.58 Å². The first kappa shape index (κ1) is 11.2. The van der Waals surface area contributed by atoms with Crippen LogP contribution in [0.25, 0.3) is 0 Å². The first-order valence-electron chi connectivity index (χ1n) is 5.86. The van der Waals surface area contributed by atoms with Crippen LogP contribution in [0.1, 0.15) is 58.3 Å². The van der Waals surface area contributed by atoms with Crippen LogP contribution in [0.15, 0.2) is 11.4 Å². The Bertz CT molecular complexity index is 137. The zero-order valence-electron chi connectivity index (χ0n) is 8.94. The van der Waals surface area contributed by atoms with E-state index >= 15 is 0 Å². The van der Waals surface area contributed by atoms with E-state index in [9.17, 15) is 0 Å². The fourth-order valence-electron chi connectivity index (χ4n) is 1.80. The molecule has 1 aliphatic rings. The lowest BCUT2D eigenvalue weighted by atomic mass is 10.1. The molecule has 1 unspecified atom stereocenters. The van der Waals surface area contributed by atoms with Gasteiger partial charge in [0.2, 0.25) is 0 Å². The minimum atomic E-state index is 1.15. The number of unbranched alkanes of at least 4 members (excludes halogenated alkanes) is 1. The molecule has 0 aliphatic carbocycles. The van der Waals surface area contributed by atoms with Gasteiger partial charge in [0.15, 0.2) is 0 Å². The van der Waals surface area contributed by atoms with Crippen LogP contribution in [-0.2, 0) is 0 Å². The summed E-state index contributed by atoms with van der Waals surface area (Å²) in [4.78, 5) is 0. The van der Waals surface area contributed by atoms with Crippen molar-refractivity contribution in [2.24, 2.45) is 0 Å². The van der Waals surface area contributed by atoms with Crippen LogP contribution in [0, 0.1) is 0 Å². The number of hydrogen-bond acceptors (Lipinski definition) is 0. The zero-order chi connectivity index (χ0) is 9.36. The summed E-state index contributed by atoms with van der Waals surface area (Å²) >= 11 is 0. The summed E-state index contributed by atoms with van der Waals surface area (Å²) in [6, 6.07) is 0. The average Bonchev–Trinajstić information content (AvgIpc) is 2.28. The van der Waals surface area contributed by atoms with E-state index in [1.165, 1.54) is 57.5 Å². The number of rotatable bonds is 2. The highest BCUT2D eigenvalue weighted by atomic mass is 31.1. The molecule has 0 N–H and O–H groups in total. The predicted molar refractivity (Wildman–Crippen MR) is 63.9 cm³/mol. The highest BCUT2D eigenvalue weighted by molar-refractivity contribution is 7.43. The van der Waals surface area contributed by atoms with Crippen molar-refractivity contribution in [3.8, 4) is 0 Å². The average molecular weight is 198 g/mol. The molecular weight excluding hydrogens is 175 g/mol. The molecule has 1 aliphatic heterocycles. The third-order valence-electron chi connectivity index (χ3n) is 2.65. The molecule has 0 amide bonds. The quantitative estimate of drug-likeness (QED) is 0.564. The Morgan fingerprint density at radius 3 is 2.77 bits per heavy atom. The van der Waals surface area contributed by atoms with Gasteiger partial charge in [-0.15, -0.1) is 0 Å². The third-order valence-corrected chi connectivity index (χ3v) is 4.17. The lowest BCUT2D eigenvalue weighted by molar-refractivity contribution is 0.643. The van der Waals surface area contributed by atoms with Crippen LogP contribution in [-0.4, -0.2) is 6.16 Å². The molecule has 1 saturated heterocycles. The molecule has 0 radical (unpaired) electrons. The van der Waals surface area contributed by atoms with Gasteiger partial charge in [-0.1, -0.05) is 52.6 Å². The first-order valence-corrected chi connectivity index (χ1v) is 7.07. The largest absolute Gasteiger partial charge is 0.0952 e. The molecule has 1 rings (SSSR count). The molecule has 1 heteroatoms. The van der Waals surface area contributed by atoms with Crippen molar-refractivity contribution in [2.75, 3.05) is 6.16 Å². The maximum atomic E-state index is 2.52. The third kappa shape index (κ3) is 5.47. The summed E-state index contributed by atoms with van der Waals surface area (Å²) in [7, 11) is 1.15. The topological polar surface area (TPSA) is 0 Å². The second-order valence-electron chi connectivity index (χ2n) is 3.96. The normalized spacial score (nSPS) is 25.5. The Hall–Kier alpha value is 0.170. The Morgan fingerprint density at radius 2 is 1.92 bits per heavy atom. The van der Waals surface area contributed by atoms with Gasteiger partial charge in [0.05, 0.1) is 0 Å². The van der Waals surface area contributed by atoms with Gasteiger partial charge in [0.25, 0.3) is 0 Å². The molecule has 0 bridgehead atoms. The molecule has 0 aromatic carbocycles. The summed E-state index contributed by atoms with van der Waals surface area (Å²) < 4.78 is 0. The summed E-state index contributed by atoms with van der Waals surface area (Å²) in [5, 5.41) is 1.78. The highest BCUT2D eigenvalue weighted by Gasteiger charge is 2.01. The molecule has 0 saturated carbocycles. The van der Waals surface area contributed by atoms with E-state index < -0.39 is 0 Å². The highest BCUT2D eigenvalue weighted by Crippen LogP contribution is 2.32. The maximum absolute atomic E-state index is 2.52. The first-order chi connectivity index (χ1) is 6.43. The van der Waals surface area contributed by atoms with E-state index in [1.807, 2.05) is 0 Å². The van der Waals surface area contributed by atoms with Gasteiger partial charge in [-0.3, -0.25) is 0 Å². The minimum Gasteiger partial charge on any atom is -0.0952 e. The van der Waals surface area contributed by atoms with E-state index in [0.717, 1.165) is 8.58 Å². The Kier molecular flexibility index (Phi) is 6.54. The summed E-state index contributed by atoms with van der Waals surface area (Å²) in [5.74, 6) is 0. The fraction of sp³-hybridized carbons (Fsp3) is 0.833. The van der Waals surface area contributed by atoms with Gasteiger partial charge in [0.1, 0.15) is 0 Å². The summed E-state index contributed by atoms with van der Waals surface area (Å²) in [6.45, 7) is 2.27. The molecule has 0 aromatic rings. The van der Waals surface area contributed by atoms with Crippen molar-refractivity contribution in [1.82, 2.24) is 0 Å². The van der Waals surface area contributed by atoms with E-state index in [0.29, 0.717) is 0 Å². The van der Waals surface area contributed by atoms with Gasteiger partial charge in [-0.05, 0) is 31.8 Å². The van der Waals surface area contributed by atoms with Crippen LogP contribution < -0.4 is 0 Å². The van der Waals surface area contributed by atoms with Gasteiger partial charge in [-0.2, -0.15) is 0 Å². The van der Waals surface area contributed by atoms with Gasteiger partial charge < -0.3 is 0 Å². The van der Waals surface area contributed by atoms with E-state index in [-0.39, 0.29) is 0 Å². The molecule has 76 valence electrons. The van der Waals surface area contributed by atoms with Gasteiger partial charge >= 0.3 is 0 Å². The molecule has 13 heavy (non-hydrogen) atoms. The number of hydrogen-bond donors (Lipinski definition) is 0. The Balaban J connectivity index is 2.31. The van der Waals surface area contributed by atoms with Crippen molar-refractivity contribution in [3.05, 3.63) is 11.4 Å². The molecule has 0 aromatic heterocycles. The molecule has 0 nitrogen and oxygen atoms in total. The summed E-state index contributed by atoms with van der Waals surface area (Å²) in [6.07, 6.45) is 15.4. The van der Waals surface area contributed by atoms with Crippen LogP contribution >= 0.6 is 8.58 Å². The van der Waals surface area contributed by atoms with Crippen LogP contribution in [0.4, 0.5) is 0 Å². The second-order valence-corrected chi connectivity index (χ2v) is 5.46. The Morgan fingerprint density at radius 1 is 1.15 bits per heavy atom. The van der Waals surface area contributed by atoms with E-state index in [2.05, 4.69) is 13.0 Å². The monoisotopic (exact) mass is 198 g/mol. The molecule has 1 atom stereocenters. The summed E-state index contributed by atoms with van der Waals surface area (Å²) in [5.41, 5.74) is 0. The standard InChI is InChI=1S/C12H23P/c1-2-3-9-12-10-7-5-4-6-8-11-13-12/h9,13H,2-8,10-11H2,1H3. The predicted octanol–water partition coefficient (Wildman–Crippen LogP) is 4.70. The van der Waals surface area contributed by atoms with E-state index in [4.69, 9.17) is 0 Å². The smallest absolute Gasteiger partial charge is 0.0280 e. The van der Waals surface area contributed by atoms with Crippen molar-refractivity contribution in [2.45, 2.75) is 58.3 Å².